The molecule has 1 aromatic rings. The van der Waals surface area contributed by atoms with Gasteiger partial charge in [0.05, 0.1) is 5.75 Å². The van der Waals surface area contributed by atoms with Crippen LogP contribution in [0.5, 0.6) is 0 Å². The van der Waals surface area contributed by atoms with Crippen molar-refractivity contribution in [3.05, 3.63) is 35.9 Å². The van der Waals surface area contributed by atoms with Crippen molar-refractivity contribution < 1.29 is 9.00 Å². The molecule has 82 valence electrons. The van der Waals surface area contributed by atoms with Crippen LogP contribution in [0.2, 0.25) is 0 Å². The Morgan fingerprint density at radius 3 is 2.53 bits per heavy atom. The summed E-state index contributed by atoms with van der Waals surface area (Å²) in [7, 11) is -0.973. The van der Waals surface area contributed by atoms with E-state index in [0.29, 0.717) is 12.2 Å². The number of Topliss-reactive ketones (excluding diaryl/α,β-unsaturated/α-hetero) is 1. The molecule has 2 nitrogen and oxygen atoms in total. The number of hydrogen-bond acceptors (Lipinski definition) is 2. The highest BCUT2D eigenvalue weighted by Crippen LogP contribution is 2.01. The van der Waals surface area contributed by atoms with Crippen molar-refractivity contribution in [2.45, 2.75) is 19.8 Å². The lowest BCUT2D eigenvalue weighted by Crippen LogP contribution is -2.14. The fourth-order valence-corrected chi connectivity index (χ4v) is 2.41. The van der Waals surface area contributed by atoms with Crippen LogP contribution < -0.4 is 0 Å². The zero-order valence-corrected chi connectivity index (χ0v) is 9.76. The number of hydrogen-bond donors (Lipinski definition) is 0. The summed E-state index contributed by atoms with van der Waals surface area (Å²) in [6.07, 6.45) is 1.27. The average molecular weight is 224 g/mol. The van der Waals surface area contributed by atoms with Crippen LogP contribution >= 0.6 is 0 Å². The number of ketones is 1. The minimum Gasteiger partial charge on any atom is -0.298 e. The monoisotopic (exact) mass is 224 g/mol. The van der Waals surface area contributed by atoms with E-state index in [9.17, 15) is 9.00 Å². The van der Waals surface area contributed by atoms with Gasteiger partial charge in [-0.05, 0) is 12.0 Å². The largest absolute Gasteiger partial charge is 0.298 e. The van der Waals surface area contributed by atoms with E-state index in [2.05, 4.69) is 0 Å². The van der Waals surface area contributed by atoms with Gasteiger partial charge in [-0.15, -0.1) is 0 Å². The normalized spacial score (nSPS) is 12.3. The fourth-order valence-electron chi connectivity index (χ4n) is 1.35. The molecule has 0 saturated carbocycles. The smallest absolute Gasteiger partial charge is 0.149 e. The van der Waals surface area contributed by atoms with Crippen LogP contribution in [0, 0.1) is 0 Å². The minimum absolute atomic E-state index is 0.0629. The van der Waals surface area contributed by atoms with Crippen LogP contribution in [-0.2, 0) is 22.0 Å². The molecular formula is C12H16O2S. The summed E-state index contributed by atoms with van der Waals surface area (Å²) in [5.41, 5.74) is 0.996. The standard InChI is InChI=1S/C12H16O2S/c1-2-8-15(14)10-12(13)9-11-6-4-3-5-7-11/h3-7H,2,8-10H2,1H3. The van der Waals surface area contributed by atoms with Gasteiger partial charge in [-0.1, -0.05) is 37.3 Å². The van der Waals surface area contributed by atoms with E-state index >= 15 is 0 Å². The lowest BCUT2D eigenvalue weighted by atomic mass is 10.1. The maximum absolute atomic E-state index is 11.5. The third-order valence-corrected chi connectivity index (χ3v) is 3.51. The van der Waals surface area contributed by atoms with Crippen molar-refractivity contribution in [2.75, 3.05) is 11.5 Å². The zero-order chi connectivity index (χ0) is 11.1. The third-order valence-electron chi connectivity index (χ3n) is 2.00. The van der Waals surface area contributed by atoms with Gasteiger partial charge in [-0.3, -0.25) is 9.00 Å². The summed E-state index contributed by atoms with van der Waals surface area (Å²) < 4.78 is 11.3. The van der Waals surface area contributed by atoms with E-state index in [-0.39, 0.29) is 11.5 Å². The maximum Gasteiger partial charge on any atom is 0.149 e. The number of carbonyl (C=O) groups excluding carboxylic acids is 1. The van der Waals surface area contributed by atoms with Crippen LogP contribution in [0.3, 0.4) is 0 Å². The molecule has 1 unspecified atom stereocenters. The first-order chi connectivity index (χ1) is 7.22. The summed E-state index contributed by atoms with van der Waals surface area (Å²) >= 11 is 0. The van der Waals surface area contributed by atoms with E-state index < -0.39 is 10.8 Å². The van der Waals surface area contributed by atoms with Crippen LogP contribution in [0.4, 0.5) is 0 Å². The summed E-state index contributed by atoms with van der Waals surface area (Å²) in [6.45, 7) is 1.97. The van der Waals surface area contributed by atoms with Crippen LogP contribution in [0.15, 0.2) is 30.3 Å². The molecule has 0 saturated heterocycles. The Hall–Kier alpha value is -0.960. The van der Waals surface area contributed by atoms with Crippen LogP contribution in [-0.4, -0.2) is 21.5 Å². The van der Waals surface area contributed by atoms with E-state index in [1.165, 1.54) is 0 Å². The van der Waals surface area contributed by atoms with Gasteiger partial charge in [0.1, 0.15) is 5.78 Å². The van der Waals surface area contributed by atoms with Crippen LogP contribution in [0.25, 0.3) is 0 Å². The Balaban J connectivity index is 2.40. The number of rotatable bonds is 6. The van der Waals surface area contributed by atoms with E-state index in [0.717, 1.165) is 12.0 Å². The lowest BCUT2D eigenvalue weighted by Gasteiger charge is -2.00. The molecule has 0 fully saturated rings. The highest BCUT2D eigenvalue weighted by Gasteiger charge is 2.07. The third kappa shape index (κ3) is 4.88. The predicted molar refractivity (Wildman–Crippen MR) is 63.3 cm³/mol. The Morgan fingerprint density at radius 1 is 1.27 bits per heavy atom. The van der Waals surface area contributed by atoms with Crippen molar-refractivity contribution in [3.63, 3.8) is 0 Å². The SMILES string of the molecule is CCCS(=O)CC(=O)Cc1ccccc1. The Bertz CT molecular complexity index is 333. The maximum atomic E-state index is 11.5. The van der Waals surface area contributed by atoms with Crippen molar-refractivity contribution in [2.24, 2.45) is 0 Å². The molecule has 0 amide bonds. The molecule has 0 aliphatic heterocycles. The second-order valence-electron chi connectivity index (χ2n) is 3.49. The van der Waals surface area contributed by atoms with Crippen LogP contribution in [0.1, 0.15) is 18.9 Å². The predicted octanol–water partition coefficient (Wildman–Crippen LogP) is 1.96. The van der Waals surface area contributed by atoms with Gasteiger partial charge in [0.25, 0.3) is 0 Å². The second-order valence-corrected chi connectivity index (χ2v) is 5.07. The molecule has 1 rings (SSSR count). The lowest BCUT2D eigenvalue weighted by molar-refractivity contribution is -0.116. The second kappa shape index (κ2) is 6.51. The molecule has 15 heavy (non-hydrogen) atoms. The van der Waals surface area contributed by atoms with Crippen molar-refractivity contribution >= 4 is 16.6 Å². The summed E-state index contributed by atoms with van der Waals surface area (Å²) in [4.78, 5) is 11.5. The summed E-state index contributed by atoms with van der Waals surface area (Å²) in [5.74, 6) is 0.886. The molecule has 1 aromatic carbocycles. The minimum atomic E-state index is -0.973. The molecule has 0 radical (unpaired) electrons. The Labute approximate surface area is 93.2 Å². The van der Waals surface area contributed by atoms with Gasteiger partial charge in [-0.25, -0.2) is 0 Å². The fraction of sp³-hybridized carbons (Fsp3) is 0.417. The van der Waals surface area contributed by atoms with Crippen molar-refractivity contribution in [1.82, 2.24) is 0 Å². The van der Waals surface area contributed by atoms with Gasteiger partial charge in [-0.2, -0.15) is 0 Å². The topological polar surface area (TPSA) is 34.1 Å². The van der Waals surface area contributed by atoms with Gasteiger partial charge < -0.3 is 0 Å². The molecular weight excluding hydrogens is 208 g/mol. The Kier molecular flexibility index (Phi) is 5.26. The highest BCUT2D eigenvalue weighted by molar-refractivity contribution is 7.85. The first-order valence-corrected chi connectivity index (χ1v) is 6.61. The zero-order valence-electron chi connectivity index (χ0n) is 8.94. The molecule has 3 heteroatoms. The highest BCUT2D eigenvalue weighted by atomic mass is 32.2. The van der Waals surface area contributed by atoms with E-state index in [1.807, 2.05) is 37.3 Å². The van der Waals surface area contributed by atoms with Gasteiger partial charge in [0.2, 0.25) is 0 Å². The summed E-state index contributed by atoms with van der Waals surface area (Å²) in [5, 5.41) is 0. The van der Waals surface area contributed by atoms with Crippen molar-refractivity contribution in [3.8, 4) is 0 Å². The average Bonchev–Trinajstić information content (AvgIpc) is 2.19. The first kappa shape index (κ1) is 12.1. The number of benzene rings is 1. The van der Waals surface area contributed by atoms with Crippen molar-refractivity contribution in [1.29, 1.82) is 0 Å². The molecule has 0 aliphatic carbocycles. The molecule has 0 aromatic heterocycles. The Morgan fingerprint density at radius 2 is 1.93 bits per heavy atom. The molecule has 0 N–H and O–H groups in total. The molecule has 0 heterocycles. The van der Waals surface area contributed by atoms with E-state index in [1.54, 1.807) is 0 Å². The van der Waals surface area contributed by atoms with Gasteiger partial charge in [0.15, 0.2) is 0 Å². The molecule has 1 atom stereocenters. The molecule has 0 bridgehead atoms. The number of carbonyl (C=O) groups is 1. The van der Waals surface area contributed by atoms with E-state index in [4.69, 9.17) is 0 Å². The molecule has 0 spiro atoms. The summed E-state index contributed by atoms with van der Waals surface area (Å²) in [6, 6.07) is 9.57. The quantitative estimate of drug-likeness (QED) is 0.740. The van der Waals surface area contributed by atoms with Gasteiger partial charge in [0, 0.05) is 23.0 Å². The van der Waals surface area contributed by atoms with Gasteiger partial charge >= 0.3 is 0 Å². The molecule has 0 aliphatic rings. The first-order valence-electron chi connectivity index (χ1n) is 5.13.